The first-order valence-corrected chi connectivity index (χ1v) is 12.3. The lowest BCUT2D eigenvalue weighted by molar-refractivity contribution is -0.139. The first kappa shape index (κ1) is 22.1. The third kappa shape index (κ3) is 4.07. The van der Waals surface area contributed by atoms with E-state index in [1.807, 2.05) is 36.1 Å². The van der Waals surface area contributed by atoms with Gasteiger partial charge in [0.15, 0.2) is 0 Å². The molecule has 1 N–H and O–H groups in total. The summed E-state index contributed by atoms with van der Waals surface area (Å²) in [6.07, 6.45) is 7.07. The van der Waals surface area contributed by atoms with Gasteiger partial charge in [-0.3, -0.25) is 9.59 Å². The topological polar surface area (TPSA) is 78.4 Å². The Bertz CT molecular complexity index is 1040. The second-order valence-corrected chi connectivity index (χ2v) is 9.98. The zero-order valence-electron chi connectivity index (χ0n) is 19.0. The van der Waals surface area contributed by atoms with Crippen LogP contribution < -0.4 is 10.2 Å². The number of carbonyl (C=O) groups is 2. The molecule has 3 aliphatic rings. The minimum Gasteiger partial charge on any atom is -0.353 e. The van der Waals surface area contributed by atoms with Gasteiger partial charge < -0.3 is 15.1 Å². The second kappa shape index (κ2) is 8.93. The van der Waals surface area contributed by atoms with Crippen LogP contribution in [0.2, 0.25) is 5.02 Å². The van der Waals surface area contributed by atoms with Crippen molar-refractivity contribution < 1.29 is 9.59 Å². The summed E-state index contributed by atoms with van der Waals surface area (Å²) in [7, 11) is 0. The summed E-state index contributed by atoms with van der Waals surface area (Å²) >= 11 is 6.13. The molecule has 2 aliphatic heterocycles. The van der Waals surface area contributed by atoms with Crippen LogP contribution in [0.25, 0.3) is 0 Å². The third-order valence-electron chi connectivity index (χ3n) is 7.48. The Kier molecular flexibility index (Phi) is 5.99. The molecule has 1 atom stereocenters. The number of halogens is 1. The van der Waals surface area contributed by atoms with Gasteiger partial charge in [0.05, 0.1) is 5.41 Å². The number of fused-ring (bicyclic) bond motifs is 1. The van der Waals surface area contributed by atoms with Gasteiger partial charge in [-0.2, -0.15) is 0 Å². The van der Waals surface area contributed by atoms with E-state index in [1.54, 1.807) is 0 Å². The molecule has 2 aromatic rings. The van der Waals surface area contributed by atoms with Gasteiger partial charge in [-0.15, -0.1) is 0 Å². The van der Waals surface area contributed by atoms with E-state index in [2.05, 4.69) is 20.2 Å². The van der Waals surface area contributed by atoms with E-state index in [1.165, 1.54) is 12.7 Å². The minimum absolute atomic E-state index is 0.00459. The molecule has 3 heterocycles. The van der Waals surface area contributed by atoms with Gasteiger partial charge in [-0.1, -0.05) is 49.9 Å². The van der Waals surface area contributed by atoms with Crippen LogP contribution in [0.4, 0.5) is 11.6 Å². The Hall–Kier alpha value is -2.67. The summed E-state index contributed by atoms with van der Waals surface area (Å²) < 4.78 is 0. The Labute approximate surface area is 199 Å². The highest BCUT2D eigenvalue weighted by atomic mass is 35.5. The summed E-state index contributed by atoms with van der Waals surface area (Å²) in [4.78, 5) is 39.0. The fraction of sp³-hybridized carbons (Fsp3) is 0.520. The number of aromatic nitrogens is 2. The molecule has 2 fully saturated rings. The van der Waals surface area contributed by atoms with Crippen molar-refractivity contribution in [1.29, 1.82) is 0 Å². The van der Waals surface area contributed by atoms with Crippen LogP contribution in [-0.2, 0) is 15.0 Å². The van der Waals surface area contributed by atoms with Gasteiger partial charge >= 0.3 is 0 Å². The first-order valence-electron chi connectivity index (χ1n) is 11.9. The maximum atomic E-state index is 13.9. The first-order chi connectivity index (χ1) is 16.0. The molecule has 174 valence electrons. The smallest absolute Gasteiger partial charge is 0.233 e. The number of carbonyl (C=O) groups excluding carboxylic acids is 2. The quantitative estimate of drug-likeness (QED) is 0.734. The van der Waals surface area contributed by atoms with Gasteiger partial charge in [-0.05, 0) is 36.5 Å². The number of benzene rings is 1. The number of rotatable bonds is 3. The van der Waals surface area contributed by atoms with Crippen molar-refractivity contribution in [3.8, 4) is 0 Å². The number of piperazine rings is 1. The van der Waals surface area contributed by atoms with Crippen molar-refractivity contribution in [2.24, 2.45) is 0 Å². The molecule has 0 unspecified atom stereocenters. The summed E-state index contributed by atoms with van der Waals surface area (Å²) in [5, 5.41) is 3.57. The van der Waals surface area contributed by atoms with E-state index >= 15 is 0 Å². The largest absolute Gasteiger partial charge is 0.353 e. The highest BCUT2D eigenvalue weighted by Crippen LogP contribution is 2.42. The highest BCUT2D eigenvalue weighted by molar-refractivity contribution is 6.30. The monoisotopic (exact) mass is 467 g/mol. The minimum atomic E-state index is -0.447. The average molecular weight is 468 g/mol. The normalized spacial score (nSPS) is 22.5. The number of hydrogen-bond acceptors (Lipinski definition) is 5. The molecule has 0 spiro atoms. The lowest BCUT2D eigenvalue weighted by Gasteiger charge is -2.44. The standard InChI is InChI=1S/C25H30ClN5O2/c1-17-15-20(32)29-22-21(17)23(28-16-27-22)30-11-13-31(14-12-30)24(33)25(9-3-2-4-10-25)18-5-7-19(26)8-6-18/h5-8,16-17H,2-4,9-15H2,1H3,(H,27,28,29,32)/t17-/m1/s1. The molecular formula is C25H30ClN5O2. The molecule has 0 radical (unpaired) electrons. The van der Waals surface area contributed by atoms with Gasteiger partial charge in [0.1, 0.15) is 18.0 Å². The lowest BCUT2D eigenvalue weighted by Crippen LogP contribution is -2.55. The highest BCUT2D eigenvalue weighted by Gasteiger charge is 2.44. The molecule has 1 saturated carbocycles. The molecule has 1 saturated heterocycles. The predicted octanol–water partition coefficient (Wildman–Crippen LogP) is 4.13. The molecule has 7 nitrogen and oxygen atoms in total. The maximum absolute atomic E-state index is 13.9. The van der Waals surface area contributed by atoms with E-state index in [9.17, 15) is 9.59 Å². The van der Waals surface area contributed by atoms with Crippen LogP contribution in [0.15, 0.2) is 30.6 Å². The maximum Gasteiger partial charge on any atom is 0.233 e. The number of nitrogens with zero attached hydrogens (tertiary/aromatic N) is 4. The molecular weight excluding hydrogens is 438 g/mol. The van der Waals surface area contributed by atoms with Crippen molar-refractivity contribution in [3.63, 3.8) is 0 Å². The molecule has 1 aliphatic carbocycles. The van der Waals surface area contributed by atoms with Crippen molar-refractivity contribution in [2.45, 2.75) is 56.8 Å². The van der Waals surface area contributed by atoms with Crippen LogP contribution in [0.5, 0.6) is 0 Å². The molecule has 5 rings (SSSR count). The van der Waals surface area contributed by atoms with Crippen LogP contribution in [-0.4, -0.2) is 52.9 Å². The number of anilines is 2. The average Bonchev–Trinajstić information content (AvgIpc) is 2.84. The van der Waals surface area contributed by atoms with Crippen LogP contribution in [0.1, 0.15) is 62.5 Å². The van der Waals surface area contributed by atoms with E-state index in [-0.39, 0.29) is 17.7 Å². The summed E-state index contributed by atoms with van der Waals surface area (Å²) in [5.41, 5.74) is 1.65. The third-order valence-corrected chi connectivity index (χ3v) is 7.74. The van der Waals surface area contributed by atoms with Crippen LogP contribution >= 0.6 is 11.6 Å². The van der Waals surface area contributed by atoms with E-state index in [0.717, 1.165) is 42.6 Å². The fourth-order valence-corrected chi connectivity index (χ4v) is 5.86. The van der Waals surface area contributed by atoms with Gasteiger partial charge in [-0.25, -0.2) is 9.97 Å². The molecule has 0 bridgehead atoms. The zero-order chi connectivity index (χ0) is 23.0. The molecule has 1 aromatic carbocycles. The Balaban J connectivity index is 1.35. The zero-order valence-corrected chi connectivity index (χ0v) is 19.8. The summed E-state index contributed by atoms with van der Waals surface area (Å²) in [6, 6.07) is 7.86. The van der Waals surface area contributed by atoms with Crippen molar-refractivity contribution in [1.82, 2.24) is 14.9 Å². The number of hydrogen-bond donors (Lipinski definition) is 1. The molecule has 2 amide bonds. The number of nitrogens with one attached hydrogen (secondary N) is 1. The van der Waals surface area contributed by atoms with E-state index < -0.39 is 5.41 Å². The number of amides is 2. The van der Waals surface area contributed by atoms with Crippen molar-refractivity contribution in [2.75, 3.05) is 36.4 Å². The van der Waals surface area contributed by atoms with Crippen LogP contribution in [0.3, 0.4) is 0 Å². The van der Waals surface area contributed by atoms with Crippen LogP contribution in [0, 0.1) is 0 Å². The second-order valence-electron chi connectivity index (χ2n) is 9.54. The summed E-state index contributed by atoms with van der Waals surface area (Å²) in [6.45, 7) is 4.80. The van der Waals surface area contributed by atoms with Gasteiger partial charge in [0.25, 0.3) is 0 Å². The molecule has 33 heavy (non-hydrogen) atoms. The predicted molar refractivity (Wildman–Crippen MR) is 129 cm³/mol. The SMILES string of the molecule is C[C@@H]1CC(=O)Nc2ncnc(N3CCN(C(=O)C4(c5ccc(Cl)cc5)CCCCC4)CC3)c21. The van der Waals surface area contributed by atoms with Gasteiger partial charge in [0.2, 0.25) is 11.8 Å². The Morgan fingerprint density at radius 2 is 1.76 bits per heavy atom. The fourth-order valence-electron chi connectivity index (χ4n) is 5.73. The lowest BCUT2D eigenvalue weighted by atomic mass is 9.68. The van der Waals surface area contributed by atoms with Crippen molar-refractivity contribution in [3.05, 3.63) is 46.7 Å². The van der Waals surface area contributed by atoms with E-state index in [0.29, 0.717) is 43.4 Å². The Morgan fingerprint density at radius 3 is 2.45 bits per heavy atom. The Morgan fingerprint density at radius 1 is 1.06 bits per heavy atom. The van der Waals surface area contributed by atoms with Gasteiger partial charge in [0, 0.05) is 43.2 Å². The summed E-state index contributed by atoms with van der Waals surface area (Å²) in [5.74, 6) is 1.81. The molecule has 8 heteroatoms. The molecule has 1 aromatic heterocycles. The van der Waals surface area contributed by atoms with E-state index in [4.69, 9.17) is 11.6 Å². The van der Waals surface area contributed by atoms with Crippen molar-refractivity contribution >= 4 is 35.1 Å².